The smallest absolute Gasteiger partial charge is 0.265 e. The topological polar surface area (TPSA) is 286 Å². The number of ether oxygens (including phenoxy) is 4. The van der Waals surface area contributed by atoms with Gasteiger partial charge in [0.05, 0.1) is 98.2 Å². The van der Waals surface area contributed by atoms with E-state index in [-0.39, 0.29) is 48.7 Å². The quantitative estimate of drug-likeness (QED) is 0.0163. The van der Waals surface area contributed by atoms with Gasteiger partial charge in [-0.05, 0) is 159 Å². The van der Waals surface area contributed by atoms with Crippen molar-refractivity contribution in [3.8, 4) is 11.5 Å². The Labute approximate surface area is 702 Å². The minimum atomic E-state index is -4.10. The molecule has 116 heavy (non-hydrogen) atoms. The highest BCUT2D eigenvalue weighted by molar-refractivity contribution is 8.04. The Morgan fingerprint density at radius 2 is 0.862 bits per heavy atom. The third-order valence-electron chi connectivity index (χ3n) is 19.7. The number of hydrogen-bond donors (Lipinski definition) is 4. The van der Waals surface area contributed by atoms with E-state index in [0.717, 1.165) is 155 Å². The van der Waals surface area contributed by atoms with Crippen LogP contribution in [0.15, 0.2) is 176 Å². The van der Waals surface area contributed by atoms with E-state index in [1.807, 2.05) is 61.0 Å². The predicted molar refractivity (Wildman–Crippen MR) is 471 cm³/mol. The molecular formula is C82H98N8O16S10+4. The zero-order valence-electron chi connectivity index (χ0n) is 65.9. The Kier molecular flexibility index (Phi) is 29.5. The first-order chi connectivity index (χ1) is 55.5. The number of allylic oxidation sites excluding steroid dienone is 4. The van der Waals surface area contributed by atoms with Crippen LogP contribution in [0.5, 0.6) is 11.5 Å². The fourth-order valence-electron chi connectivity index (χ4n) is 14.2. The molecule has 0 unspecified atom stereocenters. The number of thiazole rings is 2. The fraction of sp³-hybridized carbons (Fsp3) is 0.366. The van der Waals surface area contributed by atoms with E-state index >= 15 is 0 Å². The van der Waals surface area contributed by atoms with Gasteiger partial charge in [0.2, 0.25) is 23.7 Å². The number of fused-ring (bicyclic) bond motifs is 10. The van der Waals surface area contributed by atoms with Gasteiger partial charge >= 0.3 is 0 Å². The van der Waals surface area contributed by atoms with E-state index in [1.54, 1.807) is 83.1 Å². The summed E-state index contributed by atoms with van der Waals surface area (Å²) in [6.07, 6.45) is 15.3. The van der Waals surface area contributed by atoms with E-state index in [4.69, 9.17) is 18.9 Å². The van der Waals surface area contributed by atoms with Gasteiger partial charge in [0.25, 0.3) is 50.5 Å². The van der Waals surface area contributed by atoms with E-state index in [2.05, 4.69) is 175 Å². The highest BCUT2D eigenvalue weighted by atomic mass is 32.2. The number of thiophene rings is 2. The lowest BCUT2D eigenvalue weighted by Gasteiger charge is -2.21. The first-order valence-corrected chi connectivity index (χ1v) is 49.7. The second-order valence-electron chi connectivity index (χ2n) is 27.9. The standard InChI is InChI=1S/2C29H32N2O7S5.C24H32N4O2/c2*1-4-20(16-26-30(10-5-13-42(32,33)34)22-15-19(2)7-8-24(22)40-26)17-27-31(11-6-14-43(35,36)37)28-25(41-27)18-23(38-3)21-9-12-39-29(21)28;1-3-25-19-27(23-11-7-5-9-21(23)25)13-15-29-17-18-30-16-14-28-20-26(4-2)22-10-6-8-12-24(22)28/h2*7-9,12,15-18H,4-6,10-11,13-14H2,1-3H3,(H-,32,33,34,35,36,37);5-12,19-20H,3-4,13-18H2,1-2H3/q;;+2/p+2. The normalized spacial score (nSPS) is 14.3. The number of anilines is 2. The molecule has 0 saturated heterocycles. The number of imidazole rings is 2. The number of methoxy groups -OCH3 is 2. The molecule has 24 nitrogen and oxygen atoms in total. The molecule has 14 rings (SSSR count). The molecule has 0 atom stereocenters. The lowest BCUT2D eigenvalue weighted by molar-refractivity contribution is -0.674. The molecule has 6 aromatic heterocycles. The van der Waals surface area contributed by atoms with E-state index in [1.165, 1.54) is 22.1 Å². The van der Waals surface area contributed by atoms with Gasteiger partial charge in [-0.15, -0.1) is 22.7 Å². The molecule has 0 saturated carbocycles. The summed E-state index contributed by atoms with van der Waals surface area (Å²) in [6, 6.07) is 37.5. The minimum absolute atomic E-state index is 0.254. The number of benzene rings is 6. The van der Waals surface area contributed by atoms with Crippen molar-refractivity contribution in [1.82, 2.24) is 9.13 Å². The lowest BCUT2D eigenvalue weighted by atomic mass is 10.1. The molecule has 2 aliphatic heterocycles. The van der Waals surface area contributed by atoms with Gasteiger partial charge in [0.1, 0.15) is 43.4 Å². The van der Waals surface area contributed by atoms with Crippen LogP contribution in [0.4, 0.5) is 11.4 Å². The average molecular weight is 1770 g/mol. The van der Waals surface area contributed by atoms with Crippen molar-refractivity contribution in [1.29, 1.82) is 0 Å². The second-order valence-corrected chi connectivity index (χ2v) is 40.2. The van der Waals surface area contributed by atoms with Crippen molar-refractivity contribution in [2.75, 3.05) is 86.5 Å². The summed E-state index contributed by atoms with van der Waals surface area (Å²) in [7, 11) is -13.0. The zero-order valence-corrected chi connectivity index (χ0v) is 74.1. The van der Waals surface area contributed by atoms with Crippen molar-refractivity contribution in [3.63, 3.8) is 0 Å². The number of rotatable bonds is 35. The maximum Gasteiger partial charge on any atom is 0.265 e. The van der Waals surface area contributed by atoms with Gasteiger partial charge in [-0.1, -0.05) is 96.4 Å². The van der Waals surface area contributed by atoms with E-state index in [9.17, 15) is 51.9 Å². The monoisotopic (exact) mass is 1770 g/mol. The minimum Gasteiger partial charge on any atom is -0.496 e. The van der Waals surface area contributed by atoms with Gasteiger partial charge in [-0.2, -0.15) is 42.8 Å². The van der Waals surface area contributed by atoms with Crippen LogP contribution in [-0.2, 0) is 89.2 Å². The van der Waals surface area contributed by atoms with E-state index < -0.39 is 40.5 Å². The molecule has 0 fully saturated rings. The second kappa shape index (κ2) is 39.1. The van der Waals surface area contributed by atoms with Crippen LogP contribution in [-0.4, -0.2) is 138 Å². The van der Waals surface area contributed by atoms with Gasteiger partial charge < -0.3 is 28.7 Å². The summed E-state index contributed by atoms with van der Waals surface area (Å²) in [5, 5.41) is 9.81. The zero-order chi connectivity index (χ0) is 82.6. The SMILES string of the molecule is CCC(/C=C1\Sc2ccc(C)cc2N1CCCS(=O)(=O)O)=C\c1sc2cc(OC)c3ccsc3c2[n+]1CCCS(=O)(=O)O.CCC(/C=C1\Sc2ccc(C)cc2N1CCCS(=O)(=O)O)=C\c1sc2cc(OC)c3ccsc3c2[n+]1CCCS(=O)(=O)O.CCn1c[n+](CCOCCOCC[n+]2cn(CC)c3ccccc32)c2ccccc21. The van der Waals surface area contributed by atoms with Crippen molar-refractivity contribution >= 4 is 196 Å². The molecule has 0 aliphatic carbocycles. The molecule has 0 spiro atoms. The highest BCUT2D eigenvalue weighted by Gasteiger charge is 2.32. The number of aryl methyl sites for hydroxylation is 6. The number of aromatic nitrogens is 6. The maximum absolute atomic E-state index is 11.5. The summed E-state index contributed by atoms with van der Waals surface area (Å²) < 4.78 is 169. The van der Waals surface area contributed by atoms with Crippen LogP contribution in [0.3, 0.4) is 0 Å². The van der Waals surface area contributed by atoms with Gasteiger partial charge in [0, 0.05) is 70.8 Å². The third-order valence-corrected chi connectivity index (χ3v) is 29.2. The van der Waals surface area contributed by atoms with Gasteiger partial charge in [0.15, 0.2) is 35.2 Å². The Bertz CT molecular complexity index is 5800. The van der Waals surface area contributed by atoms with Crippen molar-refractivity contribution in [2.24, 2.45) is 0 Å². The molecule has 12 aromatic rings. The van der Waals surface area contributed by atoms with E-state index in [0.29, 0.717) is 52.6 Å². The van der Waals surface area contributed by atoms with Crippen LogP contribution in [0.2, 0.25) is 0 Å². The first-order valence-electron chi connectivity index (χ1n) is 38.2. The Balaban J connectivity index is 0.000000163. The molecular weight excluding hydrogens is 1670 g/mol. The Hall–Kier alpha value is -7.62. The van der Waals surface area contributed by atoms with Gasteiger partial charge in [-0.3, -0.25) is 18.2 Å². The van der Waals surface area contributed by atoms with Crippen LogP contribution in [0.1, 0.15) is 87.4 Å². The molecule has 6 aromatic carbocycles. The van der Waals surface area contributed by atoms with Crippen molar-refractivity contribution in [3.05, 3.63) is 187 Å². The Morgan fingerprint density at radius 1 is 0.474 bits per heavy atom. The summed E-state index contributed by atoms with van der Waals surface area (Å²) >= 11 is 9.64. The van der Waals surface area contributed by atoms with Crippen molar-refractivity contribution < 1.29 is 89.1 Å². The van der Waals surface area contributed by atoms with Crippen LogP contribution in [0, 0.1) is 13.8 Å². The molecule has 2 aliphatic rings. The molecule has 618 valence electrons. The van der Waals surface area contributed by atoms with Crippen LogP contribution in [0.25, 0.3) is 74.8 Å². The average Bonchev–Trinajstić information content (AvgIpc) is 1.60. The number of hydrogen-bond acceptors (Lipinski definition) is 20. The number of thioether (sulfide) groups is 2. The van der Waals surface area contributed by atoms with Crippen molar-refractivity contribution in [2.45, 2.75) is 129 Å². The summed E-state index contributed by atoms with van der Waals surface area (Å²) in [6.45, 7) is 20.4. The molecule has 34 heteroatoms. The lowest BCUT2D eigenvalue weighted by Crippen LogP contribution is -2.36. The molecule has 0 radical (unpaired) electrons. The summed E-state index contributed by atoms with van der Waals surface area (Å²) in [4.78, 5) is 6.36. The molecule has 0 amide bonds. The van der Waals surface area contributed by atoms with Crippen LogP contribution < -0.4 is 37.5 Å². The predicted octanol–water partition coefficient (Wildman–Crippen LogP) is 16.0. The summed E-state index contributed by atoms with van der Waals surface area (Å²) in [5.41, 5.74) is 13.3. The Morgan fingerprint density at radius 3 is 1.23 bits per heavy atom. The number of para-hydroxylation sites is 4. The molecule has 0 bridgehead atoms. The summed E-state index contributed by atoms with van der Waals surface area (Å²) in [5.74, 6) is 0.262. The first kappa shape index (κ1) is 87.7. The maximum atomic E-state index is 11.5. The van der Waals surface area contributed by atoms with Crippen LogP contribution >= 0.6 is 68.9 Å². The molecule has 8 heterocycles. The largest absolute Gasteiger partial charge is 0.496 e. The third kappa shape index (κ3) is 22.1. The van der Waals surface area contributed by atoms with Gasteiger partial charge in [-0.25, -0.2) is 18.3 Å². The highest BCUT2D eigenvalue weighted by Crippen LogP contribution is 2.49. The fourth-order valence-corrected chi connectivity index (χ4v) is 22.9. The molecule has 4 N–H and O–H groups in total. The number of nitrogens with zero attached hydrogens (tertiary/aromatic N) is 8.